The second kappa shape index (κ2) is 6.83. The van der Waals surface area contributed by atoms with E-state index in [2.05, 4.69) is 21.5 Å². The lowest BCUT2D eigenvalue weighted by Gasteiger charge is -2.09. The molecule has 0 amide bonds. The molecule has 0 unspecified atom stereocenters. The number of nitrogens with zero attached hydrogens (tertiary/aromatic N) is 1. The van der Waals surface area contributed by atoms with Crippen LogP contribution >= 0.6 is 11.3 Å². The summed E-state index contributed by atoms with van der Waals surface area (Å²) < 4.78 is 27.3. The van der Waals surface area contributed by atoms with Gasteiger partial charge in [-0.25, -0.2) is 13.1 Å². The second-order valence-electron chi connectivity index (χ2n) is 4.28. The van der Waals surface area contributed by atoms with Crippen LogP contribution in [0.5, 0.6) is 0 Å². The van der Waals surface area contributed by atoms with Crippen molar-refractivity contribution < 1.29 is 8.42 Å². The topological polar surface area (TPSA) is 85.1 Å². The van der Waals surface area contributed by atoms with Gasteiger partial charge < -0.3 is 5.73 Å². The summed E-state index contributed by atoms with van der Waals surface area (Å²) in [6, 6.07) is 5.08. The maximum atomic E-state index is 12.4. The highest BCUT2D eigenvalue weighted by molar-refractivity contribution is 7.89. The van der Waals surface area contributed by atoms with Gasteiger partial charge in [0, 0.05) is 23.2 Å². The van der Waals surface area contributed by atoms with Gasteiger partial charge in [0.2, 0.25) is 10.0 Å². The number of aryl methyl sites for hydroxylation is 1. The number of thiazole rings is 1. The van der Waals surface area contributed by atoms with Gasteiger partial charge >= 0.3 is 0 Å². The van der Waals surface area contributed by atoms with E-state index in [9.17, 15) is 8.42 Å². The summed E-state index contributed by atoms with van der Waals surface area (Å²) in [5, 5.41) is 0. The van der Waals surface area contributed by atoms with E-state index in [1.807, 2.05) is 0 Å². The summed E-state index contributed by atoms with van der Waals surface area (Å²) in [6.07, 6.45) is 1.64. The maximum absolute atomic E-state index is 12.4. The van der Waals surface area contributed by atoms with Crippen molar-refractivity contribution in [3.05, 3.63) is 45.9 Å². The molecule has 0 spiro atoms. The van der Waals surface area contributed by atoms with Crippen molar-refractivity contribution in [2.45, 2.75) is 18.4 Å². The van der Waals surface area contributed by atoms with Crippen LogP contribution < -0.4 is 10.5 Å². The molecule has 1 aromatic carbocycles. The number of hydrogen-bond acceptors (Lipinski definition) is 5. The average molecular weight is 321 g/mol. The van der Waals surface area contributed by atoms with Crippen LogP contribution in [0.15, 0.2) is 34.8 Å². The zero-order chi connectivity index (χ0) is 15.3. The summed E-state index contributed by atoms with van der Waals surface area (Å²) in [7, 11) is -3.58. The zero-order valence-corrected chi connectivity index (χ0v) is 13.1. The average Bonchev–Trinajstić information content (AvgIpc) is 2.97. The number of nitrogens with one attached hydrogen (secondary N) is 1. The first-order valence-electron chi connectivity index (χ1n) is 6.19. The monoisotopic (exact) mass is 321 g/mol. The van der Waals surface area contributed by atoms with E-state index < -0.39 is 10.0 Å². The second-order valence-corrected chi connectivity index (χ2v) is 6.98. The highest BCUT2D eigenvalue weighted by Gasteiger charge is 2.17. The number of rotatable bonds is 4. The van der Waals surface area contributed by atoms with Gasteiger partial charge in [-0.05, 0) is 24.6 Å². The quantitative estimate of drug-likeness (QED) is 0.830. The molecule has 21 heavy (non-hydrogen) atoms. The summed E-state index contributed by atoms with van der Waals surface area (Å²) in [6.45, 7) is 2.21. The Morgan fingerprint density at radius 2 is 2.24 bits per heavy atom. The van der Waals surface area contributed by atoms with E-state index in [0.717, 1.165) is 4.88 Å². The predicted molar refractivity (Wildman–Crippen MR) is 83.3 cm³/mol. The standard InChI is InChI=1S/C14H15N3O2S2/c1-11-4-5-12(3-2-6-15)7-14(11)21(18,19)17-9-13-8-16-10-20-13/h4-5,7-8,10,17H,6,9,15H2,1H3. The third-order valence-electron chi connectivity index (χ3n) is 2.73. The molecule has 1 aromatic heterocycles. The van der Waals surface area contributed by atoms with Gasteiger partial charge in [0.15, 0.2) is 0 Å². The molecule has 1 heterocycles. The lowest BCUT2D eigenvalue weighted by molar-refractivity contribution is 0.581. The van der Waals surface area contributed by atoms with Crippen molar-refractivity contribution in [2.75, 3.05) is 6.54 Å². The Bertz CT molecular complexity index is 772. The lowest BCUT2D eigenvalue weighted by atomic mass is 10.1. The maximum Gasteiger partial charge on any atom is 0.241 e. The number of hydrogen-bond donors (Lipinski definition) is 2. The molecule has 110 valence electrons. The Morgan fingerprint density at radius 1 is 1.43 bits per heavy atom. The third kappa shape index (κ3) is 4.12. The van der Waals surface area contributed by atoms with E-state index in [4.69, 9.17) is 5.73 Å². The molecule has 0 aliphatic rings. The molecule has 2 rings (SSSR count). The lowest BCUT2D eigenvalue weighted by Crippen LogP contribution is -2.23. The smallest absolute Gasteiger partial charge is 0.241 e. The fourth-order valence-electron chi connectivity index (χ4n) is 1.69. The van der Waals surface area contributed by atoms with Crippen molar-refractivity contribution >= 4 is 21.4 Å². The number of sulfonamides is 1. The van der Waals surface area contributed by atoms with Crippen molar-refractivity contribution in [1.82, 2.24) is 9.71 Å². The molecule has 0 aliphatic carbocycles. The largest absolute Gasteiger partial charge is 0.320 e. The minimum absolute atomic E-state index is 0.227. The first kappa shape index (κ1) is 15.7. The molecule has 2 aromatic rings. The Balaban J connectivity index is 2.26. The summed E-state index contributed by atoms with van der Waals surface area (Å²) in [4.78, 5) is 5.00. The molecule has 0 bridgehead atoms. The molecular formula is C14H15N3O2S2. The van der Waals surface area contributed by atoms with Crippen LogP contribution in [0.25, 0.3) is 0 Å². The van der Waals surface area contributed by atoms with Gasteiger partial charge in [-0.1, -0.05) is 17.9 Å². The first-order valence-corrected chi connectivity index (χ1v) is 8.56. The predicted octanol–water partition coefficient (Wildman–Crippen LogP) is 1.24. The Hall–Kier alpha value is -1.72. The van der Waals surface area contributed by atoms with E-state index in [0.29, 0.717) is 11.1 Å². The van der Waals surface area contributed by atoms with Crippen molar-refractivity contribution in [3.8, 4) is 11.8 Å². The molecule has 5 nitrogen and oxygen atoms in total. The SMILES string of the molecule is Cc1ccc(C#CCN)cc1S(=O)(=O)NCc1cncs1. The minimum Gasteiger partial charge on any atom is -0.320 e. The fourth-order valence-corrected chi connectivity index (χ4v) is 3.59. The summed E-state index contributed by atoms with van der Waals surface area (Å²) >= 11 is 1.40. The number of aromatic nitrogens is 1. The van der Waals surface area contributed by atoms with E-state index in [1.165, 1.54) is 11.3 Å². The van der Waals surface area contributed by atoms with E-state index >= 15 is 0 Å². The highest BCUT2D eigenvalue weighted by Crippen LogP contribution is 2.17. The summed E-state index contributed by atoms with van der Waals surface area (Å²) in [5.41, 5.74) is 8.29. The van der Waals surface area contributed by atoms with Crippen molar-refractivity contribution in [1.29, 1.82) is 0 Å². The zero-order valence-electron chi connectivity index (χ0n) is 11.5. The minimum atomic E-state index is -3.58. The fraction of sp³-hybridized carbons (Fsp3) is 0.214. The van der Waals surface area contributed by atoms with E-state index in [1.54, 1.807) is 36.8 Å². The van der Waals surface area contributed by atoms with Gasteiger partial charge in [-0.2, -0.15) is 0 Å². The Kier molecular flexibility index (Phi) is 5.09. The van der Waals surface area contributed by atoms with Gasteiger partial charge in [-0.15, -0.1) is 11.3 Å². The third-order valence-corrected chi connectivity index (χ3v) is 5.06. The first-order chi connectivity index (χ1) is 10.0. The molecule has 0 atom stereocenters. The van der Waals surface area contributed by atoms with Crippen LogP contribution in [0, 0.1) is 18.8 Å². The number of nitrogens with two attached hydrogens (primary N) is 1. The highest BCUT2D eigenvalue weighted by atomic mass is 32.2. The Morgan fingerprint density at radius 3 is 2.90 bits per heavy atom. The molecule has 0 fully saturated rings. The van der Waals surface area contributed by atoms with Crippen LogP contribution in [0.4, 0.5) is 0 Å². The van der Waals surface area contributed by atoms with Crippen LogP contribution in [0.2, 0.25) is 0 Å². The molecule has 0 saturated heterocycles. The molecule has 7 heteroatoms. The van der Waals surface area contributed by atoms with Crippen LogP contribution in [-0.4, -0.2) is 19.9 Å². The Labute approximate surface area is 128 Å². The van der Waals surface area contributed by atoms with Gasteiger partial charge in [0.25, 0.3) is 0 Å². The van der Waals surface area contributed by atoms with Gasteiger partial charge in [-0.3, -0.25) is 4.98 Å². The molecular weight excluding hydrogens is 306 g/mol. The number of benzene rings is 1. The van der Waals surface area contributed by atoms with Gasteiger partial charge in [0.05, 0.1) is 17.0 Å². The molecule has 0 aliphatic heterocycles. The summed E-state index contributed by atoms with van der Waals surface area (Å²) in [5.74, 6) is 5.55. The van der Waals surface area contributed by atoms with Crippen LogP contribution in [0.3, 0.4) is 0 Å². The van der Waals surface area contributed by atoms with Crippen LogP contribution in [0.1, 0.15) is 16.0 Å². The normalized spacial score (nSPS) is 11.0. The van der Waals surface area contributed by atoms with E-state index in [-0.39, 0.29) is 18.0 Å². The van der Waals surface area contributed by atoms with Crippen LogP contribution in [-0.2, 0) is 16.6 Å². The van der Waals surface area contributed by atoms with Crippen molar-refractivity contribution in [3.63, 3.8) is 0 Å². The molecule has 0 radical (unpaired) electrons. The van der Waals surface area contributed by atoms with Crippen molar-refractivity contribution in [2.24, 2.45) is 5.73 Å². The van der Waals surface area contributed by atoms with Gasteiger partial charge in [0.1, 0.15) is 0 Å². The molecule has 3 N–H and O–H groups in total. The molecule has 0 saturated carbocycles.